The number of carbonyl (C=O) groups excluding carboxylic acids is 3. The number of carbonyl (C=O) groups is 3. The summed E-state index contributed by atoms with van der Waals surface area (Å²) in [5, 5.41) is 2.76. The van der Waals surface area contributed by atoms with Crippen LogP contribution in [0.5, 0.6) is 0 Å². The Morgan fingerprint density at radius 1 is 0.880 bits per heavy atom. The van der Waals surface area contributed by atoms with Crippen LogP contribution in [-0.2, 0) is 0 Å². The quantitative estimate of drug-likeness (QED) is 0.818. The molecular weight excluding hydrogens is 316 g/mol. The van der Waals surface area contributed by atoms with Gasteiger partial charge >= 0.3 is 0 Å². The van der Waals surface area contributed by atoms with Gasteiger partial charge in [-0.05, 0) is 51.1 Å². The summed E-state index contributed by atoms with van der Waals surface area (Å²) in [6, 6.07) is 13.4. The summed E-state index contributed by atoms with van der Waals surface area (Å²) in [5.74, 6) is -0.490. The van der Waals surface area contributed by atoms with Crippen molar-refractivity contribution in [3.63, 3.8) is 0 Å². The first-order chi connectivity index (χ1) is 12.0. The van der Waals surface area contributed by atoms with Gasteiger partial charge in [-0.3, -0.25) is 14.4 Å². The van der Waals surface area contributed by atoms with E-state index in [0.717, 1.165) is 0 Å². The molecule has 25 heavy (non-hydrogen) atoms. The lowest BCUT2D eigenvalue weighted by molar-refractivity contribution is 0.0772. The van der Waals surface area contributed by atoms with E-state index in [9.17, 15) is 14.4 Å². The molecule has 0 unspecified atom stereocenters. The van der Waals surface area contributed by atoms with Crippen molar-refractivity contribution >= 4 is 23.3 Å². The molecule has 130 valence electrons. The summed E-state index contributed by atoms with van der Waals surface area (Å²) >= 11 is 0. The Morgan fingerprint density at radius 2 is 1.48 bits per heavy atom. The third-order valence-corrected chi connectivity index (χ3v) is 3.95. The van der Waals surface area contributed by atoms with E-state index in [1.54, 1.807) is 53.4 Å². The van der Waals surface area contributed by atoms with Gasteiger partial charge in [0.25, 0.3) is 11.8 Å². The fraction of sp³-hybridized carbons (Fsp3) is 0.250. The Labute approximate surface area is 147 Å². The van der Waals surface area contributed by atoms with Crippen LogP contribution in [0.4, 0.5) is 5.69 Å². The zero-order valence-corrected chi connectivity index (χ0v) is 14.7. The molecule has 0 saturated heterocycles. The minimum absolute atomic E-state index is 0.0667. The van der Waals surface area contributed by atoms with Crippen molar-refractivity contribution in [2.45, 2.75) is 20.8 Å². The third-order valence-electron chi connectivity index (χ3n) is 3.95. The number of nitrogens with zero attached hydrogens (tertiary/aromatic N) is 1. The van der Waals surface area contributed by atoms with Gasteiger partial charge in [0.05, 0.1) is 0 Å². The molecule has 2 rings (SSSR count). The molecule has 0 atom stereocenters. The second-order valence-corrected chi connectivity index (χ2v) is 5.65. The summed E-state index contributed by atoms with van der Waals surface area (Å²) in [6.07, 6.45) is 0. The molecule has 5 heteroatoms. The first-order valence-electron chi connectivity index (χ1n) is 8.28. The van der Waals surface area contributed by atoms with Crippen molar-refractivity contribution in [2.24, 2.45) is 0 Å². The number of nitrogens with one attached hydrogen (secondary N) is 1. The normalized spacial score (nSPS) is 10.2. The molecule has 0 heterocycles. The standard InChI is InChI=1S/C20H22N2O3/c1-4-22(5-2)20(25)17-10-6-9-16(12-17)19(24)21-18-11-7-8-15(13-18)14(3)23/h6-13H,4-5H2,1-3H3,(H,21,24). The van der Waals surface area contributed by atoms with Crippen LogP contribution in [0.1, 0.15) is 51.8 Å². The van der Waals surface area contributed by atoms with Crippen LogP contribution in [0, 0.1) is 0 Å². The number of hydrogen-bond acceptors (Lipinski definition) is 3. The topological polar surface area (TPSA) is 66.5 Å². The van der Waals surface area contributed by atoms with Gasteiger partial charge in [0, 0.05) is 35.5 Å². The van der Waals surface area contributed by atoms with Crippen LogP contribution in [0.25, 0.3) is 0 Å². The van der Waals surface area contributed by atoms with E-state index >= 15 is 0 Å². The van der Waals surface area contributed by atoms with Crippen LogP contribution in [0.3, 0.4) is 0 Å². The number of hydrogen-bond donors (Lipinski definition) is 1. The van der Waals surface area contributed by atoms with Crippen LogP contribution in [0.2, 0.25) is 0 Å². The van der Waals surface area contributed by atoms with Crippen molar-refractivity contribution in [3.8, 4) is 0 Å². The molecule has 2 amide bonds. The molecule has 0 aliphatic heterocycles. The third kappa shape index (κ3) is 4.53. The van der Waals surface area contributed by atoms with Crippen molar-refractivity contribution < 1.29 is 14.4 Å². The van der Waals surface area contributed by atoms with Gasteiger partial charge in [-0.1, -0.05) is 18.2 Å². The number of ketones is 1. The molecule has 5 nitrogen and oxygen atoms in total. The smallest absolute Gasteiger partial charge is 0.255 e. The number of rotatable bonds is 6. The van der Waals surface area contributed by atoms with Crippen molar-refractivity contribution in [2.75, 3.05) is 18.4 Å². The largest absolute Gasteiger partial charge is 0.339 e. The number of Topliss-reactive ketones (excluding diaryl/α,β-unsaturated/α-hetero) is 1. The van der Waals surface area contributed by atoms with Crippen LogP contribution < -0.4 is 5.32 Å². The van der Waals surface area contributed by atoms with Crippen molar-refractivity contribution in [1.29, 1.82) is 0 Å². The Kier molecular flexibility index (Phi) is 6.06. The average molecular weight is 338 g/mol. The first-order valence-corrected chi connectivity index (χ1v) is 8.28. The number of amides is 2. The van der Waals surface area contributed by atoms with Gasteiger partial charge in [-0.25, -0.2) is 0 Å². The van der Waals surface area contributed by atoms with Gasteiger partial charge in [-0.2, -0.15) is 0 Å². The summed E-state index contributed by atoms with van der Waals surface area (Å²) in [7, 11) is 0. The highest BCUT2D eigenvalue weighted by atomic mass is 16.2. The summed E-state index contributed by atoms with van der Waals surface area (Å²) < 4.78 is 0. The molecular formula is C20H22N2O3. The molecule has 0 saturated carbocycles. The molecule has 1 N–H and O–H groups in total. The molecule has 0 radical (unpaired) electrons. The van der Waals surface area contributed by atoms with Crippen LogP contribution >= 0.6 is 0 Å². The average Bonchev–Trinajstić information content (AvgIpc) is 2.63. The minimum Gasteiger partial charge on any atom is -0.339 e. The fourth-order valence-corrected chi connectivity index (χ4v) is 2.51. The van der Waals surface area contributed by atoms with E-state index < -0.39 is 0 Å². The van der Waals surface area contributed by atoms with Gasteiger partial charge in [-0.15, -0.1) is 0 Å². The maximum absolute atomic E-state index is 12.5. The van der Waals surface area contributed by atoms with E-state index in [1.807, 2.05) is 13.8 Å². The predicted octanol–water partition coefficient (Wildman–Crippen LogP) is 3.62. The monoisotopic (exact) mass is 338 g/mol. The molecule has 0 aliphatic carbocycles. The molecule has 2 aromatic rings. The zero-order valence-electron chi connectivity index (χ0n) is 14.7. The lowest BCUT2D eigenvalue weighted by Crippen LogP contribution is -2.30. The second kappa shape index (κ2) is 8.24. The maximum Gasteiger partial charge on any atom is 0.255 e. The van der Waals surface area contributed by atoms with Gasteiger partial charge < -0.3 is 10.2 Å². The number of benzene rings is 2. The molecule has 0 aliphatic rings. The first kappa shape index (κ1) is 18.4. The van der Waals surface area contributed by atoms with Crippen LogP contribution in [-0.4, -0.2) is 35.6 Å². The van der Waals surface area contributed by atoms with E-state index in [-0.39, 0.29) is 17.6 Å². The second-order valence-electron chi connectivity index (χ2n) is 5.65. The van der Waals surface area contributed by atoms with Gasteiger partial charge in [0.15, 0.2) is 5.78 Å². The fourth-order valence-electron chi connectivity index (χ4n) is 2.51. The zero-order chi connectivity index (χ0) is 18.4. The van der Waals surface area contributed by atoms with E-state index in [4.69, 9.17) is 0 Å². The SMILES string of the molecule is CCN(CC)C(=O)c1cccc(C(=O)Nc2cccc(C(C)=O)c2)c1. The predicted molar refractivity (Wildman–Crippen MR) is 98.1 cm³/mol. The van der Waals surface area contributed by atoms with Crippen LogP contribution in [0.15, 0.2) is 48.5 Å². The lowest BCUT2D eigenvalue weighted by atomic mass is 10.1. The van der Waals surface area contributed by atoms with Crippen molar-refractivity contribution in [1.82, 2.24) is 4.90 Å². The summed E-state index contributed by atoms with van der Waals surface area (Å²) in [5.41, 5.74) is 1.95. The molecule has 2 aromatic carbocycles. The molecule has 0 spiro atoms. The summed E-state index contributed by atoms with van der Waals surface area (Å²) in [4.78, 5) is 38.0. The highest BCUT2D eigenvalue weighted by Gasteiger charge is 2.15. The highest BCUT2D eigenvalue weighted by molar-refractivity contribution is 6.06. The summed E-state index contributed by atoms with van der Waals surface area (Å²) in [6.45, 7) is 6.54. The molecule has 0 aromatic heterocycles. The van der Waals surface area contributed by atoms with E-state index in [2.05, 4.69) is 5.32 Å². The highest BCUT2D eigenvalue weighted by Crippen LogP contribution is 2.14. The molecule has 0 fully saturated rings. The lowest BCUT2D eigenvalue weighted by Gasteiger charge is -2.18. The number of anilines is 1. The maximum atomic E-state index is 12.5. The Hall–Kier alpha value is -2.95. The van der Waals surface area contributed by atoms with E-state index in [0.29, 0.717) is 35.5 Å². The molecule has 0 bridgehead atoms. The van der Waals surface area contributed by atoms with Gasteiger partial charge in [0.2, 0.25) is 0 Å². The Morgan fingerprint density at radius 3 is 2.12 bits per heavy atom. The Bertz CT molecular complexity index is 795. The van der Waals surface area contributed by atoms with E-state index in [1.165, 1.54) is 6.92 Å². The Balaban J connectivity index is 2.20. The van der Waals surface area contributed by atoms with Gasteiger partial charge in [0.1, 0.15) is 0 Å². The van der Waals surface area contributed by atoms with Crippen molar-refractivity contribution in [3.05, 3.63) is 65.2 Å². The minimum atomic E-state index is -0.324.